The van der Waals surface area contributed by atoms with Crippen LogP contribution in [0.25, 0.3) is 10.9 Å². The van der Waals surface area contributed by atoms with E-state index in [4.69, 9.17) is 4.74 Å². The summed E-state index contributed by atoms with van der Waals surface area (Å²) in [6, 6.07) is 16.9. The third-order valence-corrected chi connectivity index (χ3v) is 6.86. The zero-order chi connectivity index (χ0) is 27.7. The van der Waals surface area contributed by atoms with Gasteiger partial charge in [0.1, 0.15) is 0 Å². The lowest BCUT2D eigenvalue weighted by atomic mass is 9.87. The van der Waals surface area contributed by atoms with E-state index in [9.17, 15) is 9.90 Å². The number of fused-ring (bicyclic) bond motifs is 1. The van der Waals surface area contributed by atoms with E-state index in [-0.39, 0.29) is 30.6 Å². The van der Waals surface area contributed by atoms with Crippen LogP contribution in [0.1, 0.15) is 64.7 Å². The largest absolute Gasteiger partial charge is 0.389 e. The molecule has 3 aromatic rings. The van der Waals surface area contributed by atoms with Crippen molar-refractivity contribution in [1.82, 2.24) is 14.8 Å². The normalized spacial score (nSPS) is 13.0. The van der Waals surface area contributed by atoms with Crippen LogP contribution in [0.15, 0.2) is 54.7 Å². The molecule has 1 amide bonds. The summed E-state index contributed by atoms with van der Waals surface area (Å²) in [5.74, 6) is 0.0789. The van der Waals surface area contributed by atoms with Gasteiger partial charge in [-0.1, -0.05) is 70.2 Å². The summed E-state index contributed by atoms with van der Waals surface area (Å²) in [5, 5.41) is 11.7. The molecule has 0 saturated carbocycles. The van der Waals surface area contributed by atoms with Crippen LogP contribution >= 0.6 is 0 Å². The van der Waals surface area contributed by atoms with Crippen molar-refractivity contribution < 1.29 is 14.6 Å². The lowest BCUT2D eigenvalue weighted by molar-refractivity contribution is -0.133. The Morgan fingerprint density at radius 3 is 2.42 bits per heavy atom. The maximum Gasteiger partial charge on any atom is 0.237 e. The molecule has 0 aliphatic carbocycles. The van der Waals surface area contributed by atoms with Crippen molar-refractivity contribution in [2.75, 3.05) is 32.8 Å². The standard InChI is InChI=1S/C32H47N3O3/c1-7-17-34(21-28(36)23-38-24(2)3)22-31(37)35(20-25-12-14-27(15-13-25)32(4,5)6)18-16-26-19-33-30-11-9-8-10-29(26)30/h8-15,19,24,28,33,36H,7,16-18,20-23H2,1-6H3. The highest BCUT2D eigenvalue weighted by Gasteiger charge is 2.21. The average Bonchev–Trinajstić information content (AvgIpc) is 3.28. The highest BCUT2D eigenvalue weighted by molar-refractivity contribution is 5.83. The van der Waals surface area contributed by atoms with E-state index >= 15 is 0 Å². The number of benzene rings is 2. The van der Waals surface area contributed by atoms with Gasteiger partial charge in [-0.15, -0.1) is 0 Å². The maximum atomic E-state index is 13.7. The minimum absolute atomic E-state index is 0.0654. The van der Waals surface area contributed by atoms with Gasteiger partial charge >= 0.3 is 0 Å². The molecule has 1 unspecified atom stereocenters. The quantitative estimate of drug-likeness (QED) is 0.293. The number of para-hydroxylation sites is 1. The van der Waals surface area contributed by atoms with E-state index in [1.54, 1.807) is 0 Å². The fraction of sp³-hybridized carbons (Fsp3) is 0.531. The van der Waals surface area contributed by atoms with E-state index in [1.165, 1.54) is 16.5 Å². The number of hydrogen-bond donors (Lipinski definition) is 2. The van der Waals surface area contributed by atoms with Crippen molar-refractivity contribution in [2.45, 2.75) is 78.6 Å². The van der Waals surface area contributed by atoms with Crippen LogP contribution in [0.3, 0.4) is 0 Å². The second-order valence-electron chi connectivity index (χ2n) is 11.6. The third kappa shape index (κ3) is 8.97. The topological polar surface area (TPSA) is 68.8 Å². The van der Waals surface area contributed by atoms with Crippen LogP contribution in [-0.4, -0.2) is 70.8 Å². The fourth-order valence-corrected chi connectivity index (χ4v) is 4.71. The summed E-state index contributed by atoms with van der Waals surface area (Å²) < 4.78 is 5.59. The van der Waals surface area contributed by atoms with E-state index in [0.29, 0.717) is 19.6 Å². The van der Waals surface area contributed by atoms with Gasteiger partial charge in [0.25, 0.3) is 0 Å². The molecule has 1 heterocycles. The summed E-state index contributed by atoms with van der Waals surface area (Å²) in [7, 11) is 0. The molecule has 0 aliphatic rings. The van der Waals surface area contributed by atoms with Crippen molar-refractivity contribution in [3.05, 3.63) is 71.4 Å². The maximum absolute atomic E-state index is 13.7. The van der Waals surface area contributed by atoms with Crippen LogP contribution < -0.4 is 0 Å². The van der Waals surface area contributed by atoms with Crippen LogP contribution in [0.2, 0.25) is 0 Å². The number of aromatic amines is 1. The Morgan fingerprint density at radius 2 is 1.76 bits per heavy atom. The van der Waals surface area contributed by atoms with Crippen molar-refractivity contribution in [2.24, 2.45) is 0 Å². The summed E-state index contributed by atoms with van der Waals surface area (Å²) >= 11 is 0. The number of amides is 1. The molecule has 1 atom stereocenters. The Bertz CT molecular complexity index is 1130. The number of H-pyrrole nitrogens is 1. The van der Waals surface area contributed by atoms with Gasteiger partial charge in [0.15, 0.2) is 0 Å². The van der Waals surface area contributed by atoms with Crippen molar-refractivity contribution >= 4 is 16.8 Å². The second-order valence-corrected chi connectivity index (χ2v) is 11.6. The van der Waals surface area contributed by atoms with Gasteiger partial charge in [0, 0.05) is 36.7 Å². The second kappa shape index (κ2) is 13.9. The van der Waals surface area contributed by atoms with Gasteiger partial charge in [-0.05, 0) is 61.4 Å². The number of aromatic nitrogens is 1. The van der Waals surface area contributed by atoms with Gasteiger partial charge in [-0.2, -0.15) is 0 Å². The number of carbonyl (C=O) groups excluding carboxylic acids is 1. The molecule has 0 fully saturated rings. The summed E-state index contributed by atoms with van der Waals surface area (Å²) in [4.78, 5) is 21.1. The van der Waals surface area contributed by atoms with Gasteiger partial charge in [0.05, 0.1) is 25.4 Å². The summed E-state index contributed by atoms with van der Waals surface area (Å²) in [6.07, 6.45) is 3.18. The predicted molar refractivity (Wildman–Crippen MR) is 156 cm³/mol. The molecule has 2 aromatic carbocycles. The van der Waals surface area contributed by atoms with Crippen molar-refractivity contribution in [1.29, 1.82) is 0 Å². The number of aliphatic hydroxyl groups excluding tert-OH is 1. The molecule has 38 heavy (non-hydrogen) atoms. The minimum atomic E-state index is -0.624. The monoisotopic (exact) mass is 521 g/mol. The van der Waals surface area contributed by atoms with Crippen molar-refractivity contribution in [3.8, 4) is 0 Å². The number of nitrogens with one attached hydrogen (secondary N) is 1. The molecule has 0 aliphatic heterocycles. The molecular weight excluding hydrogens is 474 g/mol. The van der Waals surface area contributed by atoms with Gasteiger partial charge in [-0.3, -0.25) is 9.69 Å². The Labute approximate surface area is 229 Å². The summed E-state index contributed by atoms with van der Waals surface area (Å²) in [5.41, 5.74) is 4.82. The lowest BCUT2D eigenvalue weighted by Gasteiger charge is -2.29. The molecule has 2 N–H and O–H groups in total. The lowest BCUT2D eigenvalue weighted by Crippen LogP contribution is -2.44. The molecule has 0 bridgehead atoms. The Hall–Kier alpha value is -2.67. The highest BCUT2D eigenvalue weighted by atomic mass is 16.5. The van der Waals surface area contributed by atoms with Crippen LogP contribution in [0.5, 0.6) is 0 Å². The van der Waals surface area contributed by atoms with Crippen LogP contribution in [0.4, 0.5) is 0 Å². The minimum Gasteiger partial charge on any atom is -0.389 e. The number of aliphatic hydroxyl groups is 1. The average molecular weight is 522 g/mol. The molecule has 6 heteroatoms. The number of ether oxygens (including phenoxy) is 1. The fourth-order valence-electron chi connectivity index (χ4n) is 4.71. The Kier molecular flexibility index (Phi) is 11.0. The van der Waals surface area contributed by atoms with Crippen molar-refractivity contribution in [3.63, 3.8) is 0 Å². The Morgan fingerprint density at radius 1 is 1.05 bits per heavy atom. The SMILES string of the molecule is CCCN(CC(=O)N(CCc1c[nH]c2ccccc12)Cc1ccc(C(C)(C)C)cc1)CC(O)COC(C)C. The van der Waals surface area contributed by atoms with E-state index in [2.05, 4.69) is 86.2 Å². The Balaban J connectivity index is 1.74. The van der Waals surface area contributed by atoms with Crippen LogP contribution in [0, 0.1) is 0 Å². The van der Waals surface area contributed by atoms with E-state index < -0.39 is 6.10 Å². The highest BCUT2D eigenvalue weighted by Crippen LogP contribution is 2.23. The molecule has 6 nitrogen and oxygen atoms in total. The zero-order valence-electron chi connectivity index (χ0n) is 24.2. The first kappa shape index (κ1) is 29.9. The smallest absolute Gasteiger partial charge is 0.237 e. The van der Waals surface area contributed by atoms with Gasteiger partial charge < -0.3 is 19.7 Å². The number of carbonyl (C=O) groups is 1. The summed E-state index contributed by atoms with van der Waals surface area (Å²) in [6.45, 7) is 15.6. The molecule has 3 rings (SSSR count). The third-order valence-electron chi connectivity index (χ3n) is 6.86. The van der Waals surface area contributed by atoms with Gasteiger partial charge in [0.2, 0.25) is 5.91 Å². The van der Waals surface area contributed by atoms with E-state index in [1.807, 2.05) is 24.8 Å². The van der Waals surface area contributed by atoms with Gasteiger partial charge in [-0.25, -0.2) is 0 Å². The first-order valence-electron chi connectivity index (χ1n) is 14.0. The number of hydrogen-bond acceptors (Lipinski definition) is 4. The molecule has 208 valence electrons. The molecular formula is C32H47N3O3. The van der Waals surface area contributed by atoms with Crippen LogP contribution in [-0.2, 0) is 27.9 Å². The molecule has 1 aromatic heterocycles. The molecule has 0 spiro atoms. The molecule has 0 saturated heterocycles. The predicted octanol–water partition coefficient (Wildman–Crippen LogP) is 5.53. The number of nitrogens with zero attached hydrogens (tertiary/aromatic N) is 2. The molecule has 0 radical (unpaired) electrons. The first-order chi connectivity index (χ1) is 18.1. The first-order valence-corrected chi connectivity index (χ1v) is 14.0. The van der Waals surface area contributed by atoms with E-state index in [0.717, 1.165) is 30.5 Å². The zero-order valence-corrected chi connectivity index (χ0v) is 24.2. The number of rotatable bonds is 14.